The van der Waals surface area contributed by atoms with E-state index in [0.717, 1.165) is 12.0 Å². The molecule has 1 atom stereocenters. The van der Waals surface area contributed by atoms with Gasteiger partial charge in [-0.05, 0) is 19.9 Å². The summed E-state index contributed by atoms with van der Waals surface area (Å²) >= 11 is 0. The maximum Gasteiger partial charge on any atom is 0.324 e. The zero-order valence-corrected chi connectivity index (χ0v) is 7.84. The van der Waals surface area contributed by atoms with E-state index in [0.29, 0.717) is 12.8 Å². The Balaban J connectivity index is 2.87. The summed E-state index contributed by atoms with van der Waals surface area (Å²) in [7, 11) is 1.69. The van der Waals surface area contributed by atoms with Crippen molar-refractivity contribution in [1.29, 1.82) is 0 Å². The van der Waals surface area contributed by atoms with Crippen LogP contribution in [0.15, 0.2) is 24.3 Å². The van der Waals surface area contributed by atoms with Crippen molar-refractivity contribution in [2.75, 3.05) is 7.05 Å². The molecule has 0 aromatic carbocycles. The zero-order valence-electron chi connectivity index (χ0n) is 7.84. The molecule has 72 valence electrons. The van der Waals surface area contributed by atoms with E-state index in [2.05, 4.69) is 11.9 Å². The molecule has 13 heavy (non-hydrogen) atoms. The van der Waals surface area contributed by atoms with Gasteiger partial charge in [0.05, 0.1) is 0 Å². The Morgan fingerprint density at radius 2 is 2.54 bits per heavy atom. The summed E-state index contributed by atoms with van der Waals surface area (Å²) in [5.74, 6) is -0.776. The van der Waals surface area contributed by atoms with E-state index in [9.17, 15) is 4.79 Å². The lowest BCUT2D eigenvalue weighted by Crippen LogP contribution is -2.51. The molecule has 2 N–H and O–H groups in total. The van der Waals surface area contributed by atoms with Gasteiger partial charge in [-0.2, -0.15) is 0 Å². The molecule has 1 aliphatic rings. The van der Waals surface area contributed by atoms with Crippen molar-refractivity contribution in [3.63, 3.8) is 0 Å². The maximum atomic E-state index is 11.0. The highest BCUT2D eigenvalue weighted by Crippen LogP contribution is 2.28. The number of rotatable bonds is 3. The molecule has 3 nitrogen and oxygen atoms in total. The van der Waals surface area contributed by atoms with Crippen LogP contribution in [-0.2, 0) is 4.79 Å². The molecule has 1 unspecified atom stereocenters. The van der Waals surface area contributed by atoms with Crippen molar-refractivity contribution < 1.29 is 9.90 Å². The van der Waals surface area contributed by atoms with Crippen LogP contribution in [0.1, 0.15) is 19.3 Å². The molecule has 1 aliphatic carbocycles. The summed E-state index contributed by atoms with van der Waals surface area (Å²) in [5.41, 5.74) is 0.237. The first-order chi connectivity index (χ1) is 6.14. The van der Waals surface area contributed by atoms with Gasteiger partial charge in [0.2, 0.25) is 0 Å². The number of likely N-dealkylation sites (N-methyl/N-ethyl adjacent to an activating group) is 1. The topological polar surface area (TPSA) is 49.3 Å². The first-order valence-electron chi connectivity index (χ1n) is 4.38. The Hall–Kier alpha value is -1.09. The van der Waals surface area contributed by atoms with Crippen molar-refractivity contribution in [1.82, 2.24) is 5.32 Å². The van der Waals surface area contributed by atoms with Crippen molar-refractivity contribution in [3.8, 4) is 0 Å². The third-order valence-corrected chi connectivity index (χ3v) is 2.63. The molecule has 0 saturated heterocycles. The fraction of sp³-hybridized carbons (Fsp3) is 0.500. The molecule has 3 heteroatoms. The monoisotopic (exact) mass is 181 g/mol. The summed E-state index contributed by atoms with van der Waals surface area (Å²) in [6.07, 6.45) is 5.76. The summed E-state index contributed by atoms with van der Waals surface area (Å²) < 4.78 is 0. The molecule has 0 fully saturated rings. The fourth-order valence-electron chi connectivity index (χ4n) is 1.67. The molecular formula is C10H15NO2. The van der Waals surface area contributed by atoms with Gasteiger partial charge in [0.1, 0.15) is 5.54 Å². The van der Waals surface area contributed by atoms with Crippen LogP contribution in [0, 0.1) is 0 Å². The van der Waals surface area contributed by atoms with Crippen molar-refractivity contribution in [3.05, 3.63) is 24.3 Å². The zero-order chi connectivity index (χ0) is 9.90. The molecule has 0 aromatic heterocycles. The largest absolute Gasteiger partial charge is 0.480 e. The van der Waals surface area contributed by atoms with Crippen molar-refractivity contribution in [2.45, 2.75) is 24.8 Å². The van der Waals surface area contributed by atoms with Crippen LogP contribution in [0.25, 0.3) is 0 Å². The molecule has 0 spiro atoms. The average Bonchev–Trinajstić information content (AvgIpc) is 2.17. The number of carboxylic acid groups (broad SMARTS) is 1. The number of nitrogens with one attached hydrogen (secondary N) is 1. The van der Waals surface area contributed by atoms with Gasteiger partial charge in [0.25, 0.3) is 0 Å². The highest BCUT2D eigenvalue weighted by atomic mass is 16.4. The van der Waals surface area contributed by atoms with Crippen molar-refractivity contribution >= 4 is 5.97 Å². The predicted octanol–water partition coefficient (Wildman–Crippen LogP) is 1.33. The van der Waals surface area contributed by atoms with Gasteiger partial charge in [-0.1, -0.05) is 24.3 Å². The van der Waals surface area contributed by atoms with E-state index in [1.54, 1.807) is 13.1 Å². The quantitative estimate of drug-likeness (QED) is 0.690. The number of allylic oxidation sites excluding steroid dienone is 2. The fourth-order valence-corrected chi connectivity index (χ4v) is 1.67. The molecule has 0 aromatic rings. The summed E-state index contributed by atoms with van der Waals surface area (Å²) in [5, 5.41) is 12.0. The van der Waals surface area contributed by atoms with E-state index in [1.807, 2.05) is 6.08 Å². The molecule has 0 aliphatic heterocycles. The molecule has 1 rings (SSSR count). The Kier molecular flexibility index (Phi) is 2.88. The number of carboxylic acids is 1. The second-order valence-corrected chi connectivity index (χ2v) is 3.34. The number of aliphatic carboxylic acids is 1. The molecule has 0 radical (unpaired) electrons. The van der Waals surface area contributed by atoms with Gasteiger partial charge < -0.3 is 10.4 Å². The lowest BCUT2D eigenvalue weighted by molar-refractivity contribution is -0.145. The highest BCUT2D eigenvalue weighted by molar-refractivity contribution is 5.79. The van der Waals surface area contributed by atoms with E-state index in [4.69, 9.17) is 5.11 Å². The van der Waals surface area contributed by atoms with Crippen LogP contribution in [0.3, 0.4) is 0 Å². The number of hydrogen-bond acceptors (Lipinski definition) is 2. The van der Waals surface area contributed by atoms with Gasteiger partial charge in [-0.25, -0.2) is 0 Å². The Labute approximate surface area is 78.1 Å². The molecule has 0 heterocycles. The van der Waals surface area contributed by atoms with E-state index in [1.165, 1.54) is 0 Å². The van der Waals surface area contributed by atoms with Crippen LogP contribution in [0.5, 0.6) is 0 Å². The summed E-state index contributed by atoms with van der Waals surface area (Å²) in [6, 6.07) is 0. The van der Waals surface area contributed by atoms with Crippen LogP contribution in [0.2, 0.25) is 0 Å². The average molecular weight is 181 g/mol. The van der Waals surface area contributed by atoms with Gasteiger partial charge in [-0.3, -0.25) is 4.79 Å². The molecule has 0 amide bonds. The lowest BCUT2D eigenvalue weighted by atomic mass is 9.81. The van der Waals surface area contributed by atoms with Crippen molar-refractivity contribution in [2.24, 2.45) is 0 Å². The van der Waals surface area contributed by atoms with Crippen LogP contribution >= 0.6 is 0 Å². The third kappa shape index (κ3) is 1.80. The Bertz CT molecular complexity index is 258. The first kappa shape index (κ1) is 9.99. The summed E-state index contributed by atoms with van der Waals surface area (Å²) in [4.78, 5) is 11.0. The standard InChI is InChI=1S/C10H15NO2/c1-3-8-5-4-6-10(7-8,11-2)9(12)13/h3,5,11H,1,4,6-7H2,2H3,(H,12,13). The van der Waals surface area contributed by atoms with E-state index < -0.39 is 11.5 Å². The third-order valence-electron chi connectivity index (χ3n) is 2.63. The minimum Gasteiger partial charge on any atom is -0.480 e. The molecule has 0 bridgehead atoms. The van der Waals surface area contributed by atoms with Crippen LogP contribution < -0.4 is 5.32 Å². The molecule has 0 saturated carbocycles. The SMILES string of the molecule is C=CC1=CCCC(NC)(C(=O)O)C1. The van der Waals surface area contributed by atoms with E-state index in [-0.39, 0.29) is 0 Å². The second-order valence-electron chi connectivity index (χ2n) is 3.34. The lowest BCUT2D eigenvalue weighted by Gasteiger charge is -2.32. The summed E-state index contributed by atoms with van der Waals surface area (Å²) in [6.45, 7) is 3.65. The second kappa shape index (κ2) is 3.75. The normalized spacial score (nSPS) is 27.9. The van der Waals surface area contributed by atoms with Gasteiger partial charge in [0.15, 0.2) is 0 Å². The minimum atomic E-state index is -0.779. The minimum absolute atomic E-state index is 0.530. The number of carbonyl (C=O) groups is 1. The Morgan fingerprint density at radius 3 is 3.00 bits per heavy atom. The van der Waals surface area contributed by atoms with Crippen LogP contribution in [0.4, 0.5) is 0 Å². The van der Waals surface area contributed by atoms with E-state index >= 15 is 0 Å². The van der Waals surface area contributed by atoms with Crippen LogP contribution in [-0.4, -0.2) is 23.7 Å². The van der Waals surface area contributed by atoms with Gasteiger partial charge in [-0.15, -0.1) is 0 Å². The molecular weight excluding hydrogens is 166 g/mol. The van der Waals surface area contributed by atoms with Gasteiger partial charge >= 0.3 is 5.97 Å². The predicted molar refractivity (Wildman–Crippen MR) is 51.6 cm³/mol. The smallest absolute Gasteiger partial charge is 0.324 e. The highest BCUT2D eigenvalue weighted by Gasteiger charge is 2.38. The first-order valence-corrected chi connectivity index (χ1v) is 4.38. The Morgan fingerprint density at radius 1 is 1.85 bits per heavy atom. The number of hydrogen-bond donors (Lipinski definition) is 2. The van der Waals surface area contributed by atoms with Gasteiger partial charge in [0, 0.05) is 6.42 Å². The maximum absolute atomic E-state index is 11.0.